The number of halogens is 5. The van der Waals surface area contributed by atoms with Gasteiger partial charge in [0.2, 0.25) is 5.91 Å². The van der Waals surface area contributed by atoms with Gasteiger partial charge in [-0.3, -0.25) is 9.48 Å². The largest absolute Gasteiger partial charge is 0.465 e. The summed E-state index contributed by atoms with van der Waals surface area (Å²) in [7, 11) is 0. The minimum absolute atomic E-state index is 0.0106. The average Bonchev–Trinajstić information content (AvgIpc) is 3.34. The van der Waals surface area contributed by atoms with E-state index in [0.29, 0.717) is 30.1 Å². The van der Waals surface area contributed by atoms with Crippen molar-refractivity contribution < 1.29 is 31.2 Å². The number of amides is 1. The van der Waals surface area contributed by atoms with Gasteiger partial charge in [-0.1, -0.05) is 6.07 Å². The highest BCUT2D eigenvalue weighted by Crippen LogP contribution is 2.39. The monoisotopic (exact) mass is 453 g/mol. The van der Waals surface area contributed by atoms with Crippen molar-refractivity contribution >= 4 is 17.7 Å². The van der Waals surface area contributed by atoms with Crippen LogP contribution < -0.4 is 5.32 Å². The van der Waals surface area contributed by atoms with Crippen molar-refractivity contribution in [2.45, 2.75) is 38.9 Å². The number of carbonyl (C=O) groups excluding carboxylic acids is 1. The first-order chi connectivity index (χ1) is 14.9. The number of nitrogens with one attached hydrogen (secondary N) is 1. The van der Waals surface area contributed by atoms with E-state index in [-0.39, 0.29) is 5.56 Å². The zero-order valence-corrected chi connectivity index (χ0v) is 17.4. The Morgan fingerprint density at radius 1 is 1.22 bits per heavy atom. The Hall–Kier alpha value is -3.43. The quantitative estimate of drug-likeness (QED) is 0.358. The van der Waals surface area contributed by atoms with Crippen LogP contribution in [0.15, 0.2) is 53.3 Å². The minimum atomic E-state index is -4.75. The molecule has 0 saturated heterocycles. The summed E-state index contributed by atoms with van der Waals surface area (Å²) in [5.41, 5.74) is -1.16. The SMILES string of the molecule is Cc1nn(C(C)c2ccc(C(F)(F)F)cc2C(C)(F)F)cc1NC(=O)/C=C/c1ccco1. The summed E-state index contributed by atoms with van der Waals surface area (Å²) in [5, 5.41) is 6.86. The Labute approximate surface area is 180 Å². The summed E-state index contributed by atoms with van der Waals surface area (Å²) in [4.78, 5) is 12.1. The molecule has 0 spiro atoms. The van der Waals surface area contributed by atoms with E-state index in [1.165, 1.54) is 36.2 Å². The van der Waals surface area contributed by atoms with Crippen LogP contribution in [0.3, 0.4) is 0 Å². The van der Waals surface area contributed by atoms with E-state index in [2.05, 4.69) is 10.4 Å². The van der Waals surface area contributed by atoms with Gasteiger partial charge in [-0.2, -0.15) is 18.3 Å². The van der Waals surface area contributed by atoms with Gasteiger partial charge in [0, 0.05) is 24.8 Å². The Morgan fingerprint density at radius 3 is 2.53 bits per heavy atom. The molecule has 32 heavy (non-hydrogen) atoms. The molecular weight excluding hydrogens is 433 g/mol. The predicted octanol–water partition coefficient (Wildman–Crippen LogP) is 6.18. The molecule has 1 unspecified atom stereocenters. The van der Waals surface area contributed by atoms with Gasteiger partial charge in [0.25, 0.3) is 5.92 Å². The van der Waals surface area contributed by atoms with Crippen LogP contribution in [-0.4, -0.2) is 15.7 Å². The number of benzene rings is 1. The van der Waals surface area contributed by atoms with E-state index in [1.54, 1.807) is 19.1 Å². The summed E-state index contributed by atoms with van der Waals surface area (Å²) in [6.07, 6.45) is 0.876. The molecule has 10 heteroatoms. The zero-order chi connectivity index (χ0) is 23.7. The van der Waals surface area contributed by atoms with Crippen molar-refractivity contribution in [1.82, 2.24) is 9.78 Å². The molecular formula is C22H20F5N3O2. The first-order valence-corrected chi connectivity index (χ1v) is 9.54. The molecule has 0 aliphatic carbocycles. The molecule has 0 aliphatic heterocycles. The second-order valence-corrected chi connectivity index (χ2v) is 7.31. The highest BCUT2D eigenvalue weighted by atomic mass is 19.4. The molecule has 1 aromatic carbocycles. The van der Waals surface area contributed by atoms with Gasteiger partial charge in [-0.15, -0.1) is 0 Å². The number of rotatable bonds is 6. The third-order valence-corrected chi connectivity index (χ3v) is 4.82. The number of furan rings is 1. The Balaban J connectivity index is 1.87. The molecule has 1 atom stereocenters. The van der Waals surface area contributed by atoms with Crippen LogP contribution in [0, 0.1) is 6.92 Å². The molecule has 1 N–H and O–H groups in total. The first kappa shape index (κ1) is 23.2. The fraction of sp³-hybridized carbons (Fsp3) is 0.273. The van der Waals surface area contributed by atoms with Crippen molar-refractivity contribution in [3.63, 3.8) is 0 Å². The Kier molecular flexibility index (Phi) is 6.25. The molecule has 0 fully saturated rings. The standard InChI is InChI=1S/C22H20F5N3O2/c1-13-19(28-20(31)9-7-16-5-4-10-32-16)12-30(29-13)14(2)17-8-6-15(22(25,26)27)11-18(17)21(3,23)24/h4-12,14H,1-3H3,(H,28,31)/b9-7+. The summed E-state index contributed by atoms with van der Waals surface area (Å²) >= 11 is 0. The fourth-order valence-electron chi connectivity index (χ4n) is 3.14. The van der Waals surface area contributed by atoms with Crippen molar-refractivity contribution in [3.8, 4) is 0 Å². The predicted molar refractivity (Wildman–Crippen MR) is 108 cm³/mol. The van der Waals surface area contributed by atoms with Crippen LogP contribution in [-0.2, 0) is 16.9 Å². The maximum Gasteiger partial charge on any atom is 0.416 e. The van der Waals surface area contributed by atoms with E-state index in [0.717, 1.165) is 12.1 Å². The van der Waals surface area contributed by atoms with E-state index < -0.39 is 35.2 Å². The number of anilines is 1. The molecule has 5 nitrogen and oxygen atoms in total. The van der Waals surface area contributed by atoms with Crippen LogP contribution >= 0.6 is 0 Å². The summed E-state index contributed by atoms with van der Waals surface area (Å²) in [6, 6.07) is 4.77. The highest BCUT2D eigenvalue weighted by Gasteiger charge is 2.36. The molecule has 2 heterocycles. The molecule has 3 aromatic rings. The van der Waals surface area contributed by atoms with Gasteiger partial charge in [0.05, 0.1) is 29.2 Å². The van der Waals surface area contributed by atoms with E-state index in [9.17, 15) is 26.7 Å². The zero-order valence-electron chi connectivity index (χ0n) is 17.4. The second kappa shape index (κ2) is 8.60. The third-order valence-electron chi connectivity index (χ3n) is 4.82. The minimum Gasteiger partial charge on any atom is -0.465 e. The van der Waals surface area contributed by atoms with Crippen LogP contribution in [0.2, 0.25) is 0 Å². The number of hydrogen-bond acceptors (Lipinski definition) is 3. The second-order valence-electron chi connectivity index (χ2n) is 7.31. The van der Waals surface area contributed by atoms with Gasteiger partial charge in [0.15, 0.2) is 0 Å². The van der Waals surface area contributed by atoms with Gasteiger partial charge in [-0.25, -0.2) is 8.78 Å². The van der Waals surface area contributed by atoms with Crippen molar-refractivity contribution in [2.24, 2.45) is 0 Å². The van der Waals surface area contributed by atoms with Crippen molar-refractivity contribution in [3.05, 3.63) is 77.0 Å². The summed E-state index contributed by atoms with van der Waals surface area (Å²) in [5.74, 6) is -3.48. The van der Waals surface area contributed by atoms with Crippen LogP contribution in [0.4, 0.5) is 27.6 Å². The molecule has 170 valence electrons. The van der Waals surface area contributed by atoms with Crippen molar-refractivity contribution in [2.75, 3.05) is 5.32 Å². The molecule has 0 aliphatic rings. The maximum absolute atomic E-state index is 14.1. The normalized spacial score (nSPS) is 13.5. The third kappa shape index (κ3) is 5.24. The lowest BCUT2D eigenvalue weighted by molar-refractivity contribution is -0.137. The molecule has 1 amide bonds. The van der Waals surface area contributed by atoms with E-state index in [1.807, 2.05) is 0 Å². The lowest BCUT2D eigenvalue weighted by Crippen LogP contribution is -2.18. The van der Waals surface area contributed by atoms with Gasteiger partial charge in [0.1, 0.15) is 5.76 Å². The first-order valence-electron chi connectivity index (χ1n) is 9.54. The molecule has 0 radical (unpaired) electrons. The Morgan fingerprint density at radius 2 is 1.94 bits per heavy atom. The van der Waals surface area contributed by atoms with Crippen LogP contribution in [0.5, 0.6) is 0 Å². The lowest BCUT2D eigenvalue weighted by Gasteiger charge is -2.22. The summed E-state index contributed by atoms with van der Waals surface area (Å²) in [6.45, 7) is 3.69. The number of alkyl halides is 5. The van der Waals surface area contributed by atoms with Crippen LogP contribution in [0.25, 0.3) is 6.08 Å². The van der Waals surface area contributed by atoms with E-state index >= 15 is 0 Å². The van der Waals surface area contributed by atoms with Crippen LogP contribution in [0.1, 0.15) is 48.0 Å². The number of carbonyl (C=O) groups is 1. The number of aromatic nitrogens is 2. The van der Waals surface area contributed by atoms with Gasteiger partial charge >= 0.3 is 6.18 Å². The maximum atomic E-state index is 14.1. The molecule has 2 aromatic heterocycles. The topological polar surface area (TPSA) is 60.1 Å². The van der Waals surface area contributed by atoms with Gasteiger partial charge < -0.3 is 9.73 Å². The fourth-order valence-corrected chi connectivity index (χ4v) is 3.14. The molecule has 3 rings (SSSR count). The smallest absolute Gasteiger partial charge is 0.416 e. The summed E-state index contributed by atoms with van der Waals surface area (Å²) < 4.78 is 73.8. The number of nitrogens with zero attached hydrogens (tertiary/aromatic N) is 2. The van der Waals surface area contributed by atoms with Gasteiger partial charge in [-0.05, 0) is 49.8 Å². The Bertz CT molecular complexity index is 1130. The van der Waals surface area contributed by atoms with Crippen molar-refractivity contribution in [1.29, 1.82) is 0 Å². The molecule has 0 bridgehead atoms. The van der Waals surface area contributed by atoms with E-state index in [4.69, 9.17) is 4.42 Å². The lowest BCUT2D eigenvalue weighted by atomic mass is 9.95. The number of aryl methyl sites for hydroxylation is 1. The molecule has 0 saturated carbocycles. The number of hydrogen-bond donors (Lipinski definition) is 1. The highest BCUT2D eigenvalue weighted by molar-refractivity contribution is 6.01. The average molecular weight is 453 g/mol.